The first kappa shape index (κ1) is 11.4. The van der Waals surface area contributed by atoms with Gasteiger partial charge in [-0.1, -0.05) is 0 Å². The Hall–Kier alpha value is -1.65. The van der Waals surface area contributed by atoms with Crippen LogP contribution in [0.1, 0.15) is 5.56 Å². The molecule has 0 bridgehead atoms. The Kier molecular flexibility index (Phi) is 3.13. The van der Waals surface area contributed by atoms with Crippen LogP contribution in [0.3, 0.4) is 0 Å². The Bertz CT molecular complexity index is 550. The summed E-state index contributed by atoms with van der Waals surface area (Å²) in [6, 6.07) is 7.82. The van der Waals surface area contributed by atoms with Gasteiger partial charge >= 0.3 is 0 Å². The zero-order chi connectivity index (χ0) is 12.4. The van der Waals surface area contributed by atoms with Gasteiger partial charge in [0.2, 0.25) is 0 Å². The quantitative estimate of drug-likeness (QED) is 0.769. The molecule has 1 saturated heterocycles. The van der Waals surface area contributed by atoms with Crippen LogP contribution in [-0.4, -0.2) is 31.4 Å². The molecule has 4 heteroatoms. The van der Waals surface area contributed by atoms with Gasteiger partial charge in [-0.25, -0.2) is 4.98 Å². The molecule has 18 heavy (non-hydrogen) atoms. The van der Waals surface area contributed by atoms with E-state index in [1.54, 1.807) is 6.07 Å². The molecule has 1 aliphatic rings. The third kappa shape index (κ3) is 2.17. The van der Waals surface area contributed by atoms with Gasteiger partial charge < -0.3 is 14.7 Å². The summed E-state index contributed by atoms with van der Waals surface area (Å²) in [5.74, 6) is 0.311. The maximum Gasteiger partial charge on any atom is 0.253 e. The second-order valence-electron chi connectivity index (χ2n) is 4.74. The number of H-pyrrole nitrogens is 1. The van der Waals surface area contributed by atoms with Crippen LogP contribution in [-0.2, 0) is 11.3 Å². The fourth-order valence-corrected chi connectivity index (χ4v) is 2.53. The number of quaternary nitrogens is 1. The number of phenols is 1. The Balaban J connectivity index is 1.94. The van der Waals surface area contributed by atoms with Crippen LogP contribution < -0.4 is 9.88 Å². The summed E-state index contributed by atoms with van der Waals surface area (Å²) in [6.45, 7) is 4.78. The molecule has 3 rings (SSSR count). The van der Waals surface area contributed by atoms with E-state index >= 15 is 0 Å². The van der Waals surface area contributed by atoms with E-state index in [-0.39, 0.29) is 0 Å². The molecule has 0 aliphatic carbocycles. The molecular weight excluding hydrogens is 228 g/mol. The van der Waals surface area contributed by atoms with Gasteiger partial charge in [0.05, 0.1) is 18.6 Å². The number of ether oxygens (including phenoxy) is 1. The SMILES string of the molecule is Oc1ccc(C[NH+]2CCOCC2)c2ccc[nH+]c12. The number of nitrogens with one attached hydrogen (secondary N) is 2. The summed E-state index contributed by atoms with van der Waals surface area (Å²) in [4.78, 5) is 4.65. The summed E-state index contributed by atoms with van der Waals surface area (Å²) in [7, 11) is 0. The van der Waals surface area contributed by atoms with Gasteiger partial charge in [-0.05, 0) is 18.2 Å². The Morgan fingerprint density at radius 2 is 2.06 bits per heavy atom. The minimum Gasteiger partial charge on any atom is -0.502 e. The molecular formula is C14H18N2O2+2. The molecule has 1 fully saturated rings. The van der Waals surface area contributed by atoms with Crippen LogP contribution in [0.4, 0.5) is 0 Å². The van der Waals surface area contributed by atoms with Crippen molar-refractivity contribution in [2.45, 2.75) is 6.54 Å². The van der Waals surface area contributed by atoms with Crippen LogP contribution in [0.5, 0.6) is 5.75 Å². The second kappa shape index (κ2) is 4.92. The standard InChI is InChI=1S/C14H16N2O2/c17-13-4-3-11(10-16-6-8-18-9-7-16)12-2-1-5-15-14(12)13/h1-5,17H,6-10H2/p+2. The van der Waals surface area contributed by atoms with E-state index in [0.29, 0.717) is 5.75 Å². The van der Waals surface area contributed by atoms with Crippen LogP contribution in [0.15, 0.2) is 30.5 Å². The number of aromatic amines is 1. The number of morpholine rings is 1. The van der Waals surface area contributed by atoms with Crippen molar-refractivity contribution < 1.29 is 19.7 Å². The smallest absolute Gasteiger partial charge is 0.253 e. The Morgan fingerprint density at radius 1 is 1.22 bits per heavy atom. The lowest BCUT2D eigenvalue weighted by molar-refractivity contribution is -0.921. The van der Waals surface area contributed by atoms with Crippen molar-refractivity contribution in [1.29, 1.82) is 0 Å². The molecule has 2 aromatic rings. The minimum atomic E-state index is 0.311. The molecule has 0 amide bonds. The van der Waals surface area contributed by atoms with Crippen molar-refractivity contribution in [2.75, 3.05) is 26.3 Å². The highest BCUT2D eigenvalue weighted by Crippen LogP contribution is 2.22. The summed E-state index contributed by atoms with van der Waals surface area (Å²) in [6.07, 6.45) is 1.84. The molecule has 94 valence electrons. The van der Waals surface area contributed by atoms with Gasteiger partial charge in [0.25, 0.3) is 5.52 Å². The molecule has 3 N–H and O–H groups in total. The Morgan fingerprint density at radius 3 is 2.89 bits per heavy atom. The predicted molar refractivity (Wildman–Crippen MR) is 67.4 cm³/mol. The van der Waals surface area contributed by atoms with E-state index in [2.05, 4.69) is 11.1 Å². The lowest BCUT2D eigenvalue weighted by Crippen LogP contribution is -3.12. The summed E-state index contributed by atoms with van der Waals surface area (Å²) in [5, 5.41) is 11.0. The monoisotopic (exact) mass is 246 g/mol. The molecule has 4 nitrogen and oxygen atoms in total. The predicted octanol–water partition coefficient (Wildman–Crippen LogP) is -0.225. The molecule has 1 aliphatic heterocycles. The summed E-state index contributed by atoms with van der Waals surface area (Å²) < 4.78 is 5.38. The highest BCUT2D eigenvalue weighted by atomic mass is 16.5. The maximum absolute atomic E-state index is 9.84. The zero-order valence-corrected chi connectivity index (χ0v) is 10.3. The Labute approximate surface area is 106 Å². The first-order valence-corrected chi connectivity index (χ1v) is 6.37. The average molecular weight is 246 g/mol. The molecule has 0 saturated carbocycles. The molecule has 0 spiro atoms. The highest BCUT2D eigenvalue weighted by molar-refractivity contribution is 5.84. The lowest BCUT2D eigenvalue weighted by atomic mass is 10.1. The van der Waals surface area contributed by atoms with Crippen molar-refractivity contribution in [1.82, 2.24) is 0 Å². The first-order valence-electron chi connectivity index (χ1n) is 6.37. The van der Waals surface area contributed by atoms with Crippen LogP contribution in [0, 0.1) is 0 Å². The average Bonchev–Trinajstić information content (AvgIpc) is 2.44. The second-order valence-corrected chi connectivity index (χ2v) is 4.74. The molecule has 1 aromatic carbocycles. The largest absolute Gasteiger partial charge is 0.502 e. The van der Waals surface area contributed by atoms with Crippen molar-refractivity contribution in [3.05, 3.63) is 36.0 Å². The summed E-state index contributed by atoms with van der Waals surface area (Å²) >= 11 is 0. The van der Waals surface area contributed by atoms with Gasteiger partial charge in [0, 0.05) is 11.6 Å². The number of fused-ring (bicyclic) bond motifs is 1. The molecule has 0 atom stereocenters. The fraction of sp³-hybridized carbons (Fsp3) is 0.357. The van der Waals surface area contributed by atoms with E-state index in [9.17, 15) is 5.11 Å². The third-order valence-corrected chi connectivity index (χ3v) is 3.54. The van der Waals surface area contributed by atoms with Crippen LogP contribution in [0.2, 0.25) is 0 Å². The molecule has 1 aromatic heterocycles. The topological polar surface area (TPSA) is 48.0 Å². The number of rotatable bonds is 2. The number of aromatic nitrogens is 1. The first-order chi connectivity index (χ1) is 8.84. The normalized spacial score (nSPS) is 17.1. The van der Waals surface area contributed by atoms with Crippen molar-refractivity contribution in [3.63, 3.8) is 0 Å². The fourth-order valence-electron chi connectivity index (χ4n) is 2.53. The number of pyridine rings is 1. The van der Waals surface area contributed by atoms with Crippen molar-refractivity contribution in [2.24, 2.45) is 0 Å². The highest BCUT2D eigenvalue weighted by Gasteiger charge is 2.17. The maximum atomic E-state index is 9.84. The number of aromatic hydroxyl groups is 1. The number of hydrogen-bond acceptors (Lipinski definition) is 2. The third-order valence-electron chi connectivity index (χ3n) is 3.54. The van der Waals surface area contributed by atoms with E-state index in [0.717, 1.165) is 43.8 Å². The number of hydrogen-bond donors (Lipinski definition) is 2. The van der Waals surface area contributed by atoms with E-state index < -0.39 is 0 Å². The van der Waals surface area contributed by atoms with Crippen LogP contribution >= 0.6 is 0 Å². The summed E-state index contributed by atoms with van der Waals surface area (Å²) in [5.41, 5.74) is 2.10. The molecule has 0 radical (unpaired) electrons. The van der Waals surface area contributed by atoms with E-state index in [1.807, 2.05) is 18.3 Å². The van der Waals surface area contributed by atoms with Gasteiger partial charge in [0.15, 0.2) is 11.9 Å². The number of benzene rings is 1. The van der Waals surface area contributed by atoms with E-state index in [4.69, 9.17) is 4.74 Å². The van der Waals surface area contributed by atoms with Gasteiger partial charge in [-0.15, -0.1) is 0 Å². The minimum absolute atomic E-state index is 0.311. The zero-order valence-electron chi connectivity index (χ0n) is 10.3. The van der Waals surface area contributed by atoms with E-state index in [1.165, 1.54) is 10.5 Å². The lowest BCUT2D eigenvalue weighted by Gasteiger charge is -2.24. The van der Waals surface area contributed by atoms with Gasteiger partial charge in [-0.2, -0.15) is 0 Å². The molecule has 0 unspecified atom stereocenters. The van der Waals surface area contributed by atoms with Gasteiger partial charge in [0.1, 0.15) is 19.6 Å². The number of phenolic OH excluding ortho intramolecular Hbond substituents is 1. The van der Waals surface area contributed by atoms with Crippen LogP contribution in [0.25, 0.3) is 10.9 Å². The van der Waals surface area contributed by atoms with Gasteiger partial charge in [-0.3, -0.25) is 0 Å². The van der Waals surface area contributed by atoms with Crippen molar-refractivity contribution >= 4 is 10.9 Å². The molecule has 2 heterocycles. The van der Waals surface area contributed by atoms with Crippen molar-refractivity contribution in [3.8, 4) is 5.75 Å².